The van der Waals surface area contributed by atoms with E-state index in [0.29, 0.717) is 18.2 Å². The van der Waals surface area contributed by atoms with Gasteiger partial charge in [-0.2, -0.15) is 0 Å². The molecule has 23 heavy (non-hydrogen) atoms. The van der Waals surface area contributed by atoms with Crippen LogP contribution in [0, 0.1) is 11.8 Å². The molecule has 1 aromatic carbocycles. The number of carboxylic acids is 1. The van der Waals surface area contributed by atoms with Crippen molar-refractivity contribution in [2.24, 2.45) is 11.8 Å². The van der Waals surface area contributed by atoms with Gasteiger partial charge in [-0.15, -0.1) is 0 Å². The van der Waals surface area contributed by atoms with Crippen LogP contribution in [-0.4, -0.2) is 24.1 Å². The Morgan fingerprint density at radius 3 is 2.61 bits per heavy atom. The quantitative estimate of drug-likeness (QED) is 0.803. The van der Waals surface area contributed by atoms with Gasteiger partial charge in [-0.1, -0.05) is 32.6 Å². The highest BCUT2D eigenvalue weighted by atomic mass is 16.5. The zero-order valence-electron chi connectivity index (χ0n) is 13.8. The van der Waals surface area contributed by atoms with Gasteiger partial charge < -0.3 is 15.2 Å². The maximum absolute atomic E-state index is 12.4. The number of benzene rings is 1. The van der Waals surface area contributed by atoms with Crippen molar-refractivity contribution in [1.29, 1.82) is 0 Å². The van der Waals surface area contributed by atoms with Gasteiger partial charge in [0.15, 0.2) is 0 Å². The second kappa shape index (κ2) is 8.11. The van der Waals surface area contributed by atoms with Gasteiger partial charge in [0.1, 0.15) is 0 Å². The number of anilines is 1. The van der Waals surface area contributed by atoms with Crippen LogP contribution in [0.2, 0.25) is 0 Å². The van der Waals surface area contributed by atoms with Gasteiger partial charge in [0, 0.05) is 18.7 Å². The average Bonchev–Trinajstić information content (AvgIpc) is 3.00. The minimum absolute atomic E-state index is 0.0530. The highest BCUT2D eigenvalue weighted by Gasteiger charge is 2.22. The highest BCUT2D eigenvalue weighted by Crippen LogP contribution is 2.30. The first-order valence-electron chi connectivity index (χ1n) is 8.16. The maximum Gasteiger partial charge on any atom is 0.335 e. The Kier molecular flexibility index (Phi) is 6.16. The fourth-order valence-corrected chi connectivity index (χ4v) is 3.26. The number of carboxylic acid groups (broad SMARTS) is 1. The lowest BCUT2D eigenvalue weighted by molar-refractivity contribution is -0.119. The molecule has 1 saturated carbocycles. The van der Waals surface area contributed by atoms with Crippen LogP contribution in [0.15, 0.2) is 18.2 Å². The van der Waals surface area contributed by atoms with Crippen molar-refractivity contribution in [3.8, 4) is 0 Å². The molecule has 1 aliphatic rings. The molecule has 2 rings (SSSR count). The molecular formula is C18H25NO4. The summed E-state index contributed by atoms with van der Waals surface area (Å²) in [5, 5.41) is 12.0. The Balaban J connectivity index is 2.04. The van der Waals surface area contributed by atoms with Crippen molar-refractivity contribution >= 4 is 17.6 Å². The third-order valence-corrected chi connectivity index (χ3v) is 4.43. The molecule has 2 N–H and O–H groups in total. The lowest BCUT2D eigenvalue weighted by atomic mass is 9.94. The van der Waals surface area contributed by atoms with Crippen LogP contribution in [0.5, 0.6) is 0 Å². The summed E-state index contributed by atoms with van der Waals surface area (Å²) in [5.74, 6) is -0.497. The van der Waals surface area contributed by atoms with Crippen molar-refractivity contribution in [3.05, 3.63) is 29.3 Å². The first-order valence-corrected chi connectivity index (χ1v) is 8.16. The zero-order valence-corrected chi connectivity index (χ0v) is 13.8. The van der Waals surface area contributed by atoms with Crippen LogP contribution < -0.4 is 5.32 Å². The minimum Gasteiger partial charge on any atom is -0.478 e. The van der Waals surface area contributed by atoms with Gasteiger partial charge in [0.25, 0.3) is 0 Å². The molecule has 1 atom stereocenters. The standard InChI is InChI=1S/C18H25NO4/c1-12(7-13-5-3-4-6-13)17(20)19-16-9-14(11-23-2)8-15(10-16)18(21)22/h8-10,12-13H,3-7,11H2,1-2H3,(H,19,20)(H,21,22). The summed E-state index contributed by atoms with van der Waals surface area (Å²) in [7, 11) is 1.55. The van der Waals surface area contributed by atoms with Crippen LogP contribution in [0.4, 0.5) is 5.69 Å². The van der Waals surface area contributed by atoms with E-state index in [-0.39, 0.29) is 17.4 Å². The fourth-order valence-electron chi connectivity index (χ4n) is 3.26. The Labute approximate surface area is 137 Å². The topological polar surface area (TPSA) is 75.6 Å². The molecule has 0 aromatic heterocycles. The number of rotatable bonds is 7. The molecule has 0 heterocycles. The normalized spacial score (nSPS) is 16.3. The smallest absolute Gasteiger partial charge is 0.335 e. The van der Waals surface area contributed by atoms with Crippen LogP contribution in [-0.2, 0) is 16.1 Å². The summed E-state index contributed by atoms with van der Waals surface area (Å²) < 4.78 is 5.05. The highest BCUT2D eigenvalue weighted by molar-refractivity contribution is 5.95. The molecule has 1 aliphatic carbocycles. The number of carbonyl (C=O) groups excluding carboxylic acids is 1. The molecule has 126 valence electrons. The molecule has 0 radical (unpaired) electrons. The number of hydrogen-bond acceptors (Lipinski definition) is 3. The Morgan fingerprint density at radius 2 is 2.00 bits per heavy atom. The number of methoxy groups -OCH3 is 1. The van der Waals surface area contributed by atoms with E-state index in [1.54, 1.807) is 19.2 Å². The second-order valence-electron chi connectivity index (χ2n) is 6.43. The molecule has 1 unspecified atom stereocenters. The van der Waals surface area contributed by atoms with E-state index in [2.05, 4.69) is 5.32 Å². The Morgan fingerprint density at radius 1 is 1.30 bits per heavy atom. The molecular weight excluding hydrogens is 294 g/mol. The maximum atomic E-state index is 12.4. The molecule has 1 aromatic rings. The van der Waals surface area contributed by atoms with E-state index in [0.717, 1.165) is 12.0 Å². The third-order valence-electron chi connectivity index (χ3n) is 4.43. The van der Waals surface area contributed by atoms with Crippen molar-refractivity contribution in [3.63, 3.8) is 0 Å². The fraction of sp³-hybridized carbons (Fsp3) is 0.556. The van der Waals surface area contributed by atoms with Crippen molar-refractivity contribution in [2.45, 2.75) is 45.6 Å². The van der Waals surface area contributed by atoms with Gasteiger partial charge in [-0.05, 0) is 36.1 Å². The number of amides is 1. The molecule has 5 heteroatoms. The van der Waals surface area contributed by atoms with Crippen LogP contribution in [0.3, 0.4) is 0 Å². The predicted octanol–water partition coefficient (Wildman–Crippen LogP) is 3.69. The number of carbonyl (C=O) groups is 2. The lowest BCUT2D eigenvalue weighted by Crippen LogP contribution is -2.22. The van der Waals surface area contributed by atoms with E-state index in [9.17, 15) is 14.7 Å². The van der Waals surface area contributed by atoms with E-state index in [4.69, 9.17) is 4.74 Å². The summed E-state index contributed by atoms with van der Waals surface area (Å²) >= 11 is 0. The van der Waals surface area contributed by atoms with Gasteiger partial charge in [-0.3, -0.25) is 4.79 Å². The van der Waals surface area contributed by atoms with Crippen LogP contribution in [0.1, 0.15) is 54.9 Å². The van der Waals surface area contributed by atoms with E-state index in [1.165, 1.54) is 31.7 Å². The molecule has 0 bridgehead atoms. The number of aromatic carboxylic acids is 1. The van der Waals surface area contributed by atoms with E-state index >= 15 is 0 Å². The molecule has 1 fully saturated rings. The second-order valence-corrected chi connectivity index (χ2v) is 6.43. The minimum atomic E-state index is -1.02. The molecule has 5 nitrogen and oxygen atoms in total. The first-order chi connectivity index (χ1) is 11.0. The lowest BCUT2D eigenvalue weighted by Gasteiger charge is -2.17. The van der Waals surface area contributed by atoms with Crippen molar-refractivity contribution < 1.29 is 19.4 Å². The largest absolute Gasteiger partial charge is 0.478 e. The van der Waals surface area contributed by atoms with Crippen LogP contribution >= 0.6 is 0 Å². The van der Waals surface area contributed by atoms with E-state index in [1.807, 2.05) is 6.92 Å². The summed E-state index contributed by atoms with van der Waals surface area (Å²) in [6.07, 6.45) is 5.85. The molecule has 0 spiro atoms. The first kappa shape index (κ1) is 17.5. The molecule has 0 aliphatic heterocycles. The summed E-state index contributed by atoms with van der Waals surface area (Å²) in [6, 6.07) is 4.81. The Bertz CT molecular complexity index is 564. The molecule has 0 saturated heterocycles. The number of hydrogen-bond donors (Lipinski definition) is 2. The SMILES string of the molecule is COCc1cc(NC(=O)C(C)CC2CCCC2)cc(C(=O)O)c1. The predicted molar refractivity (Wildman–Crippen MR) is 88.5 cm³/mol. The van der Waals surface area contributed by atoms with Gasteiger partial charge in [0.05, 0.1) is 12.2 Å². The number of ether oxygens (including phenoxy) is 1. The van der Waals surface area contributed by atoms with Gasteiger partial charge in [-0.25, -0.2) is 4.79 Å². The van der Waals surface area contributed by atoms with E-state index < -0.39 is 5.97 Å². The summed E-state index contributed by atoms with van der Waals surface area (Å²) in [5.41, 5.74) is 1.39. The summed E-state index contributed by atoms with van der Waals surface area (Å²) in [4.78, 5) is 23.6. The monoisotopic (exact) mass is 319 g/mol. The Hall–Kier alpha value is -1.88. The average molecular weight is 319 g/mol. The van der Waals surface area contributed by atoms with Gasteiger partial charge >= 0.3 is 5.97 Å². The van der Waals surface area contributed by atoms with Crippen LogP contribution in [0.25, 0.3) is 0 Å². The molecule has 1 amide bonds. The third kappa shape index (κ3) is 5.06. The number of nitrogens with one attached hydrogen (secondary N) is 1. The van der Waals surface area contributed by atoms with Crippen molar-refractivity contribution in [2.75, 3.05) is 12.4 Å². The van der Waals surface area contributed by atoms with Gasteiger partial charge in [0.2, 0.25) is 5.91 Å². The van der Waals surface area contributed by atoms with Crippen molar-refractivity contribution in [1.82, 2.24) is 0 Å². The summed E-state index contributed by atoms with van der Waals surface area (Å²) in [6.45, 7) is 2.24. The zero-order chi connectivity index (χ0) is 16.8.